The Balaban J connectivity index is 1.59. The van der Waals surface area contributed by atoms with E-state index in [1.165, 1.54) is 30.3 Å². The fraction of sp³-hybridized carbons (Fsp3) is 0.308. The molecule has 1 atom stereocenters. The first-order chi connectivity index (χ1) is 16.1. The monoisotopic (exact) mass is 488 g/mol. The number of pyridine rings is 1. The zero-order chi connectivity index (χ0) is 24.2. The second-order valence-electron chi connectivity index (χ2n) is 8.92. The van der Waals surface area contributed by atoms with Crippen molar-refractivity contribution >= 4 is 17.5 Å². The number of hydrogen-bond donors (Lipinski definition) is 0. The minimum atomic E-state index is -4.64. The number of aryl methyl sites for hydroxylation is 1. The van der Waals surface area contributed by atoms with Crippen LogP contribution in [0.4, 0.5) is 17.6 Å². The van der Waals surface area contributed by atoms with Crippen molar-refractivity contribution in [2.24, 2.45) is 5.92 Å². The van der Waals surface area contributed by atoms with Crippen LogP contribution in [0, 0.1) is 18.7 Å². The lowest BCUT2D eigenvalue weighted by atomic mass is 9.87. The summed E-state index contributed by atoms with van der Waals surface area (Å²) in [7, 11) is 0. The summed E-state index contributed by atoms with van der Waals surface area (Å²) in [5, 5.41) is 0.182. The molecule has 0 saturated heterocycles. The third-order valence-corrected chi connectivity index (χ3v) is 6.82. The third kappa shape index (κ3) is 4.06. The molecule has 0 spiro atoms. The van der Waals surface area contributed by atoms with Gasteiger partial charge in [0.05, 0.1) is 6.04 Å². The Hall–Kier alpha value is -2.93. The normalized spacial score (nSPS) is 17.0. The number of aromatic nitrogens is 1. The molecule has 8 heteroatoms. The summed E-state index contributed by atoms with van der Waals surface area (Å²) in [6.45, 7) is 2.04. The highest BCUT2D eigenvalue weighted by molar-refractivity contribution is 6.31. The average molecular weight is 489 g/mol. The summed E-state index contributed by atoms with van der Waals surface area (Å²) in [6.07, 6.45) is -1.25. The molecule has 1 aromatic heterocycles. The topological polar surface area (TPSA) is 33.2 Å². The van der Waals surface area contributed by atoms with E-state index in [1.54, 1.807) is 24.0 Å². The molecule has 0 radical (unpaired) electrons. The number of carbonyl (C=O) groups excluding carboxylic acids is 1. The number of nitrogens with zero attached hydrogens (tertiary/aromatic N) is 2. The lowest BCUT2D eigenvalue weighted by molar-refractivity contribution is -0.140. The molecule has 0 N–H and O–H groups in total. The Morgan fingerprint density at radius 3 is 2.50 bits per heavy atom. The van der Waals surface area contributed by atoms with Gasteiger partial charge >= 0.3 is 6.18 Å². The average Bonchev–Trinajstić information content (AvgIpc) is 3.62. The highest BCUT2D eigenvalue weighted by Gasteiger charge is 2.42. The van der Waals surface area contributed by atoms with Gasteiger partial charge in [0.25, 0.3) is 5.91 Å². The van der Waals surface area contributed by atoms with Crippen LogP contribution >= 0.6 is 11.6 Å². The molecule has 1 aliphatic heterocycles. The van der Waals surface area contributed by atoms with Crippen LogP contribution in [0.2, 0.25) is 5.02 Å². The second kappa shape index (κ2) is 8.38. The number of amides is 1. The molecule has 0 bridgehead atoms. The molecule has 1 aliphatic carbocycles. The summed E-state index contributed by atoms with van der Waals surface area (Å²) < 4.78 is 54.9. The van der Waals surface area contributed by atoms with Gasteiger partial charge in [0.1, 0.15) is 5.82 Å². The van der Waals surface area contributed by atoms with Gasteiger partial charge in [-0.25, -0.2) is 4.39 Å². The molecule has 3 nitrogen and oxygen atoms in total. The SMILES string of the molecule is Cc1cc(C(C2CC2)N2CCc3c(cc(Cl)cc3-c3cccnc3C(F)(F)F)C2=O)ccc1F. The highest BCUT2D eigenvalue weighted by atomic mass is 35.5. The van der Waals surface area contributed by atoms with Gasteiger partial charge in [-0.15, -0.1) is 0 Å². The van der Waals surface area contributed by atoms with Crippen LogP contribution in [0.1, 0.15) is 51.6 Å². The summed E-state index contributed by atoms with van der Waals surface area (Å²) >= 11 is 6.31. The molecule has 3 aromatic rings. The van der Waals surface area contributed by atoms with E-state index in [-0.39, 0.29) is 39.8 Å². The van der Waals surface area contributed by atoms with Crippen molar-refractivity contribution in [2.45, 2.75) is 38.4 Å². The van der Waals surface area contributed by atoms with Gasteiger partial charge in [-0.05, 0) is 78.6 Å². The van der Waals surface area contributed by atoms with Crippen LogP contribution in [0.15, 0.2) is 48.7 Å². The number of halogens is 5. The van der Waals surface area contributed by atoms with Crippen molar-refractivity contribution in [2.75, 3.05) is 6.54 Å². The first-order valence-electron chi connectivity index (χ1n) is 11.1. The minimum absolute atomic E-state index is 0.0945. The fourth-order valence-corrected chi connectivity index (χ4v) is 5.13. The van der Waals surface area contributed by atoms with Crippen LogP contribution in [0.5, 0.6) is 0 Å². The molecule has 5 rings (SSSR count). The van der Waals surface area contributed by atoms with E-state index >= 15 is 0 Å². The lowest BCUT2D eigenvalue weighted by Crippen LogP contribution is -2.41. The molecule has 1 unspecified atom stereocenters. The van der Waals surface area contributed by atoms with E-state index in [9.17, 15) is 22.4 Å². The highest BCUT2D eigenvalue weighted by Crippen LogP contribution is 2.47. The minimum Gasteiger partial charge on any atom is -0.331 e. The standard InChI is InChI=1S/C26H21ClF4N2O/c1-14-11-16(6-7-22(14)28)23(15-4-5-15)33-10-8-18-20(12-17(27)13-21(18)25(33)34)19-3-2-9-32-24(19)26(29,30)31/h2-3,6-7,9,11-13,15,23H,4-5,8,10H2,1H3. The smallest absolute Gasteiger partial charge is 0.331 e. The first-order valence-corrected chi connectivity index (χ1v) is 11.4. The molecule has 2 aromatic carbocycles. The van der Waals surface area contributed by atoms with Crippen molar-refractivity contribution in [3.05, 3.63) is 87.4 Å². The number of alkyl halides is 3. The lowest BCUT2D eigenvalue weighted by Gasteiger charge is -2.37. The van der Waals surface area contributed by atoms with Crippen molar-refractivity contribution in [3.8, 4) is 11.1 Å². The molecule has 34 heavy (non-hydrogen) atoms. The van der Waals surface area contributed by atoms with Gasteiger partial charge in [0.2, 0.25) is 0 Å². The largest absolute Gasteiger partial charge is 0.433 e. The summed E-state index contributed by atoms with van der Waals surface area (Å²) in [5.74, 6) is -0.313. The van der Waals surface area contributed by atoms with Gasteiger partial charge in [0.15, 0.2) is 5.69 Å². The molecule has 2 heterocycles. The van der Waals surface area contributed by atoms with Gasteiger partial charge < -0.3 is 4.90 Å². The van der Waals surface area contributed by atoms with E-state index in [0.717, 1.165) is 24.6 Å². The van der Waals surface area contributed by atoms with E-state index < -0.39 is 11.9 Å². The predicted octanol–water partition coefficient (Wildman–Crippen LogP) is 7.02. The van der Waals surface area contributed by atoms with Gasteiger partial charge in [-0.2, -0.15) is 13.2 Å². The maximum Gasteiger partial charge on any atom is 0.433 e. The number of hydrogen-bond acceptors (Lipinski definition) is 2. The number of benzene rings is 2. The predicted molar refractivity (Wildman–Crippen MR) is 121 cm³/mol. The second-order valence-corrected chi connectivity index (χ2v) is 9.35. The molecule has 176 valence electrons. The van der Waals surface area contributed by atoms with E-state index in [2.05, 4.69) is 4.98 Å². The molecule has 1 saturated carbocycles. The number of rotatable bonds is 4. The fourth-order valence-electron chi connectivity index (χ4n) is 4.91. The van der Waals surface area contributed by atoms with Gasteiger partial charge in [-0.1, -0.05) is 29.8 Å². The quantitative estimate of drug-likeness (QED) is 0.370. The zero-order valence-electron chi connectivity index (χ0n) is 18.3. The van der Waals surface area contributed by atoms with E-state index in [1.807, 2.05) is 0 Å². The van der Waals surface area contributed by atoms with Crippen LogP contribution in [-0.4, -0.2) is 22.3 Å². The van der Waals surface area contributed by atoms with Crippen molar-refractivity contribution < 1.29 is 22.4 Å². The maximum atomic E-state index is 13.9. The molecular formula is C26H21ClF4N2O. The Morgan fingerprint density at radius 2 is 1.82 bits per heavy atom. The van der Waals surface area contributed by atoms with Crippen molar-refractivity contribution in [3.63, 3.8) is 0 Å². The summed E-state index contributed by atoms with van der Waals surface area (Å²) in [4.78, 5) is 19.0. The molecule has 1 amide bonds. The Bertz CT molecular complexity index is 1290. The first kappa shape index (κ1) is 22.8. The molecule has 1 fully saturated rings. The Morgan fingerprint density at radius 1 is 1.09 bits per heavy atom. The Labute approximate surface area is 199 Å². The van der Waals surface area contributed by atoms with Gasteiger partial charge in [-0.3, -0.25) is 9.78 Å². The maximum absolute atomic E-state index is 13.9. The summed E-state index contributed by atoms with van der Waals surface area (Å²) in [6, 6.07) is 10.5. The number of carbonyl (C=O) groups is 1. The van der Waals surface area contributed by atoms with Gasteiger partial charge in [0, 0.05) is 28.9 Å². The van der Waals surface area contributed by atoms with Crippen LogP contribution < -0.4 is 0 Å². The Kier molecular flexibility index (Phi) is 5.63. The summed E-state index contributed by atoms with van der Waals surface area (Å²) in [5.41, 5.74) is 1.39. The zero-order valence-corrected chi connectivity index (χ0v) is 19.1. The van der Waals surface area contributed by atoms with Crippen molar-refractivity contribution in [1.82, 2.24) is 9.88 Å². The van der Waals surface area contributed by atoms with E-state index in [0.29, 0.717) is 29.7 Å². The van der Waals surface area contributed by atoms with E-state index in [4.69, 9.17) is 11.6 Å². The number of fused-ring (bicyclic) bond motifs is 1. The third-order valence-electron chi connectivity index (χ3n) is 6.60. The molecule has 2 aliphatic rings. The van der Waals surface area contributed by atoms with Crippen LogP contribution in [-0.2, 0) is 12.6 Å². The molecular weight excluding hydrogens is 468 g/mol. The van der Waals surface area contributed by atoms with Crippen molar-refractivity contribution in [1.29, 1.82) is 0 Å². The van der Waals surface area contributed by atoms with Crippen LogP contribution in [0.25, 0.3) is 11.1 Å². The van der Waals surface area contributed by atoms with Crippen LogP contribution in [0.3, 0.4) is 0 Å².